The third kappa shape index (κ3) is 2.68. The SMILES string of the molecule is O=S(=O)(c1ccc(Cl)cc1)C1CCOc2c(F)cc(F)c(F)c21. The van der Waals surface area contributed by atoms with Gasteiger partial charge in [-0.25, -0.2) is 21.6 Å². The maximum Gasteiger partial charge on any atom is 0.185 e. The smallest absolute Gasteiger partial charge is 0.185 e. The lowest BCUT2D eigenvalue weighted by Gasteiger charge is -2.26. The molecule has 0 spiro atoms. The maximum absolute atomic E-state index is 14.1. The molecular weight excluding hydrogens is 353 g/mol. The number of hydrogen-bond donors (Lipinski definition) is 0. The molecule has 0 aliphatic carbocycles. The molecule has 1 atom stereocenters. The van der Waals surface area contributed by atoms with Crippen molar-refractivity contribution in [1.29, 1.82) is 0 Å². The lowest BCUT2D eigenvalue weighted by atomic mass is 10.0. The third-order valence-electron chi connectivity index (χ3n) is 3.63. The number of benzene rings is 2. The van der Waals surface area contributed by atoms with Gasteiger partial charge < -0.3 is 4.74 Å². The summed E-state index contributed by atoms with van der Waals surface area (Å²) >= 11 is 5.72. The van der Waals surface area contributed by atoms with E-state index in [1.807, 2.05) is 0 Å². The molecule has 3 rings (SSSR count). The first kappa shape index (κ1) is 16.1. The van der Waals surface area contributed by atoms with Gasteiger partial charge in [-0.3, -0.25) is 0 Å². The normalized spacial score (nSPS) is 17.5. The summed E-state index contributed by atoms with van der Waals surface area (Å²) in [6, 6.07) is 5.61. The Morgan fingerprint density at radius 3 is 2.39 bits per heavy atom. The van der Waals surface area contributed by atoms with Crippen molar-refractivity contribution < 1.29 is 26.3 Å². The second kappa shape index (κ2) is 5.72. The van der Waals surface area contributed by atoms with E-state index in [1.54, 1.807) is 0 Å². The van der Waals surface area contributed by atoms with Gasteiger partial charge >= 0.3 is 0 Å². The summed E-state index contributed by atoms with van der Waals surface area (Å²) in [6.07, 6.45) is -0.113. The van der Waals surface area contributed by atoms with E-state index in [0.29, 0.717) is 11.1 Å². The van der Waals surface area contributed by atoms with Crippen molar-refractivity contribution in [2.24, 2.45) is 0 Å². The molecule has 2 aromatic rings. The largest absolute Gasteiger partial charge is 0.490 e. The van der Waals surface area contributed by atoms with Crippen molar-refractivity contribution in [2.45, 2.75) is 16.6 Å². The Balaban J connectivity index is 2.19. The Kier molecular flexibility index (Phi) is 4.01. The van der Waals surface area contributed by atoms with E-state index in [1.165, 1.54) is 24.3 Å². The highest BCUT2D eigenvalue weighted by Crippen LogP contribution is 2.43. The van der Waals surface area contributed by atoms with E-state index in [0.717, 1.165) is 0 Å². The van der Waals surface area contributed by atoms with Crippen molar-refractivity contribution in [3.63, 3.8) is 0 Å². The fourth-order valence-electron chi connectivity index (χ4n) is 2.54. The van der Waals surface area contributed by atoms with Crippen LogP contribution in [0.5, 0.6) is 5.75 Å². The predicted molar refractivity (Wildman–Crippen MR) is 77.8 cm³/mol. The minimum absolute atomic E-state index is 0.108. The van der Waals surface area contributed by atoms with Crippen LogP contribution in [0.3, 0.4) is 0 Å². The van der Waals surface area contributed by atoms with Gasteiger partial charge in [0.05, 0.1) is 17.1 Å². The summed E-state index contributed by atoms with van der Waals surface area (Å²) in [5.41, 5.74) is -0.608. The first-order valence-electron chi connectivity index (χ1n) is 6.62. The number of hydrogen-bond acceptors (Lipinski definition) is 3. The van der Waals surface area contributed by atoms with Gasteiger partial charge in [0.1, 0.15) is 5.25 Å². The highest BCUT2D eigenvalue weighted by atomic mass is 35.5. The molecule has 23 heavy (non-hydrogen) atoms. The molecule has 122 valence electrons. The Morgan fingerprint density at radius 1 is 1.09 bits per heavy atom. The summed E-state index contributed by atoms with van der Waals surface area (Å²) in [6.45, 7) is -0.119. The summed E-state index contributed by atoms with van der Waals surface area (Å²) in [4.78, 5) is -0.108. The average molecular weight is 363 g/mol. The molecule has 0 saturated carbocycles. The van der Waals surface area contributed by atoms with Gasteiger partial charge in [-0.2, -0.15) is 0 Å². The van der Waals surface area contributed by atoms with E-state index in [9.17, 15) is 21.6 Å². The molecular formula is C15H10ClF3O3S. The van der Waals surface area contributed by atoms with E-state index in [4.69, 9.17) is 16.3 Å². The number of rotatable bonds is 2. The summed E-state index contributed by atoms with van der Waals surface area (Å²) < 4.78 is 71.9. The molecule has 0 N–H and O–H groups in total. The summed E-state index contributed by atoms with van der Waals surface area (Å²) in [5.74, 6) is -4.56. The van der Waals surface area contributed by atoms with E-state index in [-0.39, 0.29) is 17.9 Å². The number of halogens is 4. The molecule has 8 heteroatoms. The van der Waals surface area contributed by atoms with E-state index < -0.39 is 43.9 Å². The van der Waals surface area contributed by atoms with Gasteiger partial charge in [-0.15, -0.1) is 0 Å². The van der Waals surface area contributed by atoms with Gasteiger partial charge in [0.25, 0.3) is 0 Å². The molecule has 0 amide bonds. The van der Waals surface area contributed by atoms with Crippen LogP contribution in [0.4, 0.5) is 13.2 Å². The second-order valence-electron chi connectivity index (χ2n) is 5.02. The van der Waals surface area contributed by atoms with Crippen molar-refractivity contribution in [3.05, 3.63) is 58.4 Å². The lowest BCUT2D eigenvalue weighted by molar-refractivity contribution is 0.261. The fraction of sp³-hybridized carbons (Fsp3) is 0.200. The molecule has 3 nitrogen and oxygen atoms in total. The number of ether oxygens (including phenoxy) is 1. The van der Waals surface area contributed by atoms with Crippen LogP contribution in [0.25, 0.3) is 0 Å². The van der Waals surface area contributed by atoms with Crippen LogP contribution in [0.2, 0.25) is 5.02 Å². The maximum atomic E-state index is 14.1. The van der Waals surface area contributed by atoms with Gasteiger partial charge in [-0.1, -0.05) is 11.6 Å². The minimum Gasteiger partial charge on any atom is -0.490 e. The molecule has 0 aromatic heterocycles. The fourth-order valence-corrected chi connectivity index (χ4v) is 4.44. The molecule has 0 fully saturated rings. The summed E-state index contributed by atoms with van der Waals surface area (Å²) in [7, 11) is -4.06. The quantitative estimate of drug-likeness (QED) is 0.757. The topological polar surface area (TPSA) is 43.4 Å². The zero-order chi connectivity index (χ0) is 16.8. The van der Waals surface area contributed by atoms with Crippen molar-refractivity contribution >= 4 is 21.4 Å². The Labute approximate surface area is 135 Å². The molecule has 1 aliphatic rings. The zero-order valence-electron chi connectivity index (χ0n) is 11.5. The monoisotopic (exact) mass is 362 g/mol. The van der Waals surface area contributed by atoms with Crippen LogP contribution >= 0.6 is 11.6 Å². The molecule has 1 heterocycles. The molecule has 0 saturated heterocycles. The number of sulfone groups is 1. The van der Waals surface area contributed by atoms with E-state index >= 15 is 0 Å². The first-order chi connectivity index (χ1) is 10.8. The summed E-state index contributed by atoms with van der Waals surface area (Å²) in [5, 5.41) is -1.10. The second-order valence-corrected chi connectivity index (χ2v) is 7.59. The molecule has 2 aromatic carbocycles. The highest BCUT2D eigenvalue weighted by molar-refractivity contribution is 7.91. The molecule has 0 radical (unpaired) electrons. The van der Waals surface area contributed by atoms with Crippen molar-refractivity contribution in [1.82, 2.24) is 0 Å². The van der Waals surface area contributed by atoms with Crippen LogP contribution in [0, 0.1) is 17.5 Å². The molecule has 1 unspecified atom stereocenters. The van der Waals surface area contributed by atoms with Crippen LogP contribution < -0.4 is 4.74 Å². The van der Waals surface area contributed by atoms with Gasteiger partial charge in [0.2, 0.25) is 0 Å². The Morgan fingerprint density at radius 2 is 1.74 bits per heavy atom. The minimum atomic E-state index is -4.06. The van der Waals surface area contributed by atoms with Crippen LogP contribution in [-0.4, -0.2) is 15.0 Å². The van der Waals surface area contributed by atoms with Crippen LogP contribution in [-0.2, 0) is 9.84 Å². The predicted octanol–water partition coefficient (Wildman–Crippen LogP) is 4.05. The van der Waals surface area contributed by atoms with Gasteiger partial charge in [0, 0.05) is 17.5 Å². The van der Waals surface area contributed by atoms with Crippen LogP contribution in [0.1, 0.15) is 17.2 Å². The Bertz CT molecular complexity index is 867. The average Bonchev–Trinajstić information content (AvgIpc) is 2.52. The lowest BCUT2D eigenvalue weighted by Crippen LogP contribution is -2.24. The highest BCUT2D eigenvalue weighted by Gasteiger charge is 2.39. The van der Waals surface area contributed by atoms with Crippen molar-refractivity contribution in [2.75, 3.05) is 6.61 Å². The molecule has 0 bridgehead atoms. The van der Waals surface area contributed by atoms with Crippen LogP contribution in [0.15, 0.2) is 35.2 Å². The third-order valence-corrected chi connectivity index (χ3v) is 6.03. The molecule has 1 aliphatic heterocycles. The zero-order valence-corrected chi connectivity index (χ0v) is 13.1. The van der Waals surface area contributed by atoms with Gasteiger partial charge in [0.15, 0.2) is 33.0 Å². The van der Waals surface area contributed by atoms with Crippen molar-refractivity contribution in [3.8, 4) is 5.75 Å². The number of fused-ring (bicyclic) bond motifs is 1. The first-order valence-corrected chi connectivity index (χ1v) is 8.54. The van der Waals surface area contributed by atoms with Gasteiger partial charge in [-0.05, 0) is 24.3 Å². The standard InChI is InChI=1S/C15H10ClF3O3S/c16-8-1-3-9(4-2-8)23(20,21)12-5-6-22-15-11(18)7-10(17)14(19)13(12)15/h1-4,7,12H,5-6H2. The Hall–Kier alpha value is -1.73. The van der Waals surface area contributed by atoms with E-state index in [2.05, 4.69) is 0 Å².